The SMILES string of the molecule is Cc1cc(C)c2c(Cl)nc(-c3ccc(C)c(F)c3)nc2c1. The molecule has 0 atom stereocenters. The molecule has 106 valence electrons. The van der Waals surface area contributed by atoms with Gasteiger partial charge in [-0.15, -0.1) is 0 Å². The Morgan fingerprint density at radius 2 is 1.71 bits per heavy atom. The van der Waals surface area contributed by atoms with Gasteiger partial charge in [0.2, 0.25) is 0 Å². The molecular formula is C17H14ClFN2. The molecule has 0 aliphatic heterocycles. The summed E-state index contributed by atoms with van der Waals surface area (Å²) in [5.41, 5.74) is 4.15. The van der Waals surface area contributed by atoms with Crippen molar-refractivity contribution in [3.63, 3.8) is 0 Å². The van der Waals surface area contributed by atoms with E-state index in [1.165, 1.54) is 6.07 Å². The molecule has 0 saturated carbocycles. The molecule has 0 amide bonds. The molecule has 1 aromatic heterocycles. The first-order chi connectivity index (χ1) is 9.95. The summed E-state index contributed by atoms with van der Waals surface area (Å²) < 4.78 is 13.7. The van der Waals surface area contributed by atoms with Crippen LogP contribution < -0.4 is 0 Å². The highest BCUT2D eigenvalue weighted by Gasteiger charge is 2.11. The zero-order valence-corrected chi connectivity index (χ0v) is 12.8. The normalized spacial score (nSPS) is 11.1. The second-order valence-corrected chi connectivity index (χ2v) is 5.64. The van der Waals surface area contributed by atoms with Crippen LogP contribution in [-0.2, 0) is 0 Å². The Kier molecular flexibility index (Phi) is 3.38. The Labute approximate surface area is 127 Å². The van der Waals surface area contributed by atoms with Gasteiger partial charge in [-0.25, -0.2) is 14.4 Å². The predicted molar refractivity (Wildman–Crippen MR) is 84.2 cm³/mol. The Hall–Kier alpha value is -2.00. The third kappa shape index (κ3) is 2.49. The number of rotatable bonds is 1. The molecular weight excluding hydrogens is 287 g/mol. The van der Waals surface area contributed by atoms with Crippen molar-refractivity contribution < 1.29 is 4.39 Å². The third-order valence-corrected chi connectivity index (χ3v) is 3.80. The molecule has 0 aliphatic rings. The standard InChI is InChI=1S/C17H14ClFN2/c1-9-6-11(3)15-14(7-9)20-17(21-16(15)18)12-5-4-10(2)13(19)8-12/h4-8H,1-3H3. The molecule has 0 fully saturated rings. The van der Waals surface area contributed by atoms with Crippen LogP contribution in [0.3, 0.4) is 0 Å². The van der Waals surface area contributed by atoms with Crippen molar-refractivity contribution in [3.05, 3.63) is 58.0 Å². The van der Waals surface area contributed by atoms with Gasteiger partial charge in [0, 0.05) is 10.9 Å². The lowest BCUT2D eigenvalue weighted by atomic mass is 10.1. The molecule has 3 rings (SSSR count). The fraction of sp³-hybridized carbons (Fsp3) is 0.176. The Bertz CT molecular complexity index is 859. The molecule has 1 heterocycles. The molecule has 2 aromatic carbocycles. The largest absolute Gasteiger partial charge is 0.228 e. The number of fused-ring (bicyclic) bond motifs is 1. The minimum atomic E-state index is -0.271. The molecule has 3 aromatic rings. The Balaban J connectivity index is 2.27. The van der Waals surface area contributed by atoms with Crippen molar-refractivity contribution in [1.29, 1.82) is 0 Å². The average Bonchev–Trinajstić information content (AvgIpc) is 2.40. The van der Waals surface area contributed by atoms with Gasteiger partial charge in [0.25, 0.3) is 0 Å². The summed E-state index contributed by atoms with van der Waals surface area (Å²) >= 11 is 6.30. The van der Waals surface area contributed by atoms with Gasteiger partial charge in [0.05, 0.1) is 5.52 Å². The van der Waals surface area contributed by atoms with Crippen molar-refractivity contribution >= 4 is 22.5 Å². The van der Waals surface area contributed by atoms with E-state index in [0.717, 1.165) is 22.0 Å². The van der Waals surface area contributed by atoms with Gasteiger partial charge >= 0.3 is 0 Å². The number of aromatic nitrogens is 2. The maximum atomic E-state index is 13.7. The number of hydrogen-bond acceptors (Lipinski definition) is 2. The first-order valence-corrected chi connectivity index (χ1v) is 7.04. The molecule has 0 saturated heterocycles. The highest BCUT2D eigenvalue weighted by Crippen LogP contribution is 2.28. The fourth-order valence-corrected chi connectivity index (χ4v) is 2.78. The van der Waals surface area contributed by atoms with Crippen LogP contribution in [0.4, 0.5) is 4.39 Å². The van der Waals surface area contributed by atoms with E-state index in [1.54, 1.807) is 19.1 Å². The average molecular weight is 301 g/mol. The molecule has 4 heteroatoms. The minimum Gasteiger partial charge on any atom is -0.228 e. The molecule has 21 heavy (non-hydrogen) atoms. The van der Waals surface area contributed by atoms with E-state index < -0.39 is 0 Å². The van der Waals surface area contributed by atoms with Gasteiger partial charge in [-0.2, -0.15) is 0 Å². The van der Waals surface area contributed by atoms with Gasteiger partial charge in [-0.1, -0.05) is 29.8 Å². The molecule has 0 spiro atoms. The lowest BCUT2D eigenvalue weighted by Crippen LogP contribution is -1.95. The highest BCUT2D eigenvalue weighted by atomic mass is 35.5. The smallest absolute Gasteiger partial charge is 0.161 e. The lowest BCUT2D eigenvalue weighted by molar-refractivity contribution is 0.619. The summed E-state index contributed by atoms with van der Waals surface area (Å²) in [7, 11) is 0. The zero-order valence-electron chi connectivity index (χ0n) is 12.0. The first-order valence-electron chi connectivity index (χ1n) is 6.67. The summed E-state index contributed by atoms with van der Waals surface area (Å²) in [4.78, 5) is 8.86. The van der Waals surface area contributed by atoms with E-state index in [2.05, 4.69) is 9.97 Å². The monoisotopic (exact) mass is 300 g/mol. The van der Waals surface area contributed by atoms with E-state index in [9.17, 15) is 4.39 Å². The van der Waals surface area contributed by atoms with E-state index in [-0.39, 0.29) is 5.82 Å². The summed E-state index contributed by atoms with van der Waals surface area (Å²) in [6.45, 7) is 5.71. The van der Waals surface area contributed by atoms with E-state index in [1.807, 2.05) is 26.0 Å². The number of halogens is 2. The van der Waals surface area contributed by atoms with Crippen molar-refractivity contribution in [2.24, 2.45) is 0 Å². The molecule has 0 N–H and O–H groups in total. The molecule has 0 unspecified atom stereocenters. The maximum Gasteiger partial charge on any atom is 0.161 e. The van der Waals surface area contributed by atoms with E-state index in [0.29, 0.717) is 22.1 Å². The lowest BCUT2D eigenvalue weighted by Gasteiger charge is -2.08. The van der Waals surface area contributed by atoms with Gasteiger partial charge < -0.3 is 0 Å². The van der Waals surface area contributed by atoms with Crippen LogP contribution in [0.15, 0.2) is 30.3 Å². The maximum absolute atomic E-state index is 13.7. The fourth-order valence-electron chi connectivity index (χ4n) is 2.45. The number of nitrogens with zero attached hydrogens (tertiary/aromatic N) is 2. The molecule has 0 aliphatic carbocycles. The van der Waals surface area contributed by atoms with Crippen molar-refractivity contribution in [2.75, 3.05) is 0 Å². The van der Waals surface area contributed by atoms with Crippen LogP contribution in [0, 0.1) is 26.6 Å². The Morgan fingerprint density at radius 3 is 2.43 bits per heavy atom. The van der Waals surface area contributed by atoms with Gasteiger partial charge in [-0.05, 0) is 49.6 Å². The predicted octanol–water partition coefficient (Wildman–Crippen LogP) is 5.01. The van der Waals surface area contributed by atoms with Crippen LogP contribution in [0.25, 0.3) is 22.3 Å². The number of hydrogen-bond donors (Lipinski definition) is 0. The van der Waals surface area contributed by atoms with Gasteiger partial charge in [0.15, 0.2) is 5.82 Å². The summed E-state index contributed by atoms with van der Waals surface area (Å²) in [6, 6.07) is 8.97. The zero-order chi connectivity index (χ0) is 15.1. The van der Waals surface area contributed by atoms with Gasteiger partial charge in [-0.3, -0.25) is 0 Å². The van der Waals surface area contributed by atoms with Crippen LogP contribution >= 0.6 is 11.6 Å². The minimum absolute atomic E-state index is 0.271. The quantitative estimate of drug-likeness (QED) is 0.590. The summed E-state index contributed by atoms with van der Waals surface area (Å²) in [5, 5.41) is 1.24. The van der Waals surface area contributed by atoms with E-state index in [4.69, 9.17) is 11.6 Å². The van der Waals surface area contributed by atoms with Crippen molar-refractivity contribution in [3.8, 4) is 11.4 Å². The van der Waals surface area contributed by atoms with Crippen molar-refractivity contribution in [2.45, 2.75) is 20.8 Å². The highest BCUT2D eigenvalue weighted by molar-refractivity contribution is 6.34. The number of benzene rings is 2. The number of aryl methyl sites for hydroxylation is 3. The van der Waals surface area contributed by atoms with Crippen LogP contribution in [0.2, 0.25) is 5.15 Å². The third-order valence-electron chi connectivity index (χ3n) is 3.53. The second-order valence-electron chi connectivity index (χ2n) is 5.28. The van der Waals surface area contributed by atoms with Crippen molar-refractivity contribution in [1.82, 2.24) is 9.97 Å². The molecule has 2 nitrogen and oxygen atoms in total. The topological polar surface area (TPSA) is 25.8 Å². The van der Waals surface area contributed by atoms with E-state index >= 15 is 0 Å². The molecule has 0 radical (unpaired) electrons. The van der Waals surface area contributed by atoms with Crippen LogP contribution in [0.1, 0.15) is 16.7 Å². The summed E-state index contributed by atoms with van der Waals surface area (Å²) in [6.07, 6.45) is 0. The second kappa shape index (κ2) is 5.08. The van der Waals surface area contributed by atoms with Crippen LogP contribution in [0.5, 0.6) is 0 Å². The molecule has 0 bridgehead atoms. The van der Waals surface area contributed by atoms with Gasteiger partial charge in [0.1, 0.15) is 11.0 Å². The summed E-state index contributed by atoms with van der Waals surface area (Å²) in [5.74, 6) is 0.171. The Morgan fingerprint density at radius 1 is 0.952 bits per heavy atom. The first kappa shape index (κ1) is 14.0. The van der Waals surface area contributed by atoms with Crippen LogP contribution in [-0.4, -0.2) is 9.97 Å².